The maximum absolute atomic E-state index is 12.8. The molecule has 0 unspecified atom stereocenters. The van der Waals surface area contributed by atoms with Crippen molar-refractivity contribution in [2.75, 3.05) is 32.8 Å². The third-order valence-corrected chi connectivity index (χ3v) is 6.63. The Morgan fingerprint density at radius 3 is 2.70 bits per heavy atom. The van der Waals surface area contributed by atoms with Crippen LogP contribution in [0.2, 0.25) is 0 Å². The van der Waals surface area contributed by atoms with Gasteiger partial charge in [-0.2, -0.15) is 0 Å². The summed E-state index contributed by atoms with van der Waals surface area (Å²) in [6.07, 6.45) is 1.55. The molecule has 2 fully saturated rings. The minimum Gasteiger partial charge on any atom is -0.368 e. The van der Waals surface area contributed by atoms with Gasteiger partial charge in [0.2, 0.25) is 0 Å². The quantitative estimate of drug-likeness (QED) is 0.643. The van der Waals surface area contributed by atoms with Gasteiger partial charge < -0.3 is 9.64 Å². The molecule has 1 aromatic carbocycles. The fourth-order valence-corrected chi connectivity index (χ4v) is 5.11. The Labute approximate surface area is 178 Å². The third-order valence-electron chi connectivity index (χ3n) is 5.80. The molecule has 0 aliphatic carbocycles. The van der Waals surface area contributed by atoms with E-state index in [0.29, 0.717) is 31.2 Å². The molecule has 1 amide bonds. The predicted octanol–water partition coefficient (Wildman–Crippen LogP) is 2.25. The molecule has 30 heavy (non-hydrogen) atoms. The molecule has 2 aromatic heterocycles. The number of piperazine rings is 1. The van der Waals surface area contributed by atoms with Gasteiger partial charge in [-0.1, -0.05) is 30.3 Å². The summed E-state index contributed by atoms with van der Waals surface area (Å²) < 4.78 is 7.21. The number of rotatable bonds is 4. The van der Waals surface area contributed by atoms with E-state index >= 15 is 0 Å². The van der Waals surface area contributed by atoms with E-state index in [9.17, 15) is 9.59 Å². The number of carbonyl (C=O) groups excluding carboxylic acids is 1. The SMILES string of the molecule is O=C([C@@H]1CCCO1)N1CCN(Cc2cc(=O)n3c(-c4ccccc4)csc3n2)CC1. The number of carbonyl (C=O) groups is 1. The zero-order valence-electron chi connectivity index (χ0n) is 16.7. The average Bonchev–Trinajstić information content (AvgIpc) is 3.45. The lowest BCUT2D eigenvalue weighted by Gasteiger charge is -2.35. The summed E-state index contributed by atoms with van der Waals surface area (Å²) in [6, 6.07) is 11.5. The van der Waals surface area contributed by atoms with Crippen LogP contribution in [0, 0.1) is 0 Å². The van der Waals surface area contributed by atoms with Crippen LogP contribution in [0.5, 0.6) is 0 Å². The minimum absolute atomic E-state index is 0.0534. The Morgan fingerprint density at radius 2 is 1.97 bits per heavy atom. The molecule has 0 bridgehead atoms. The number of fused-ring (bicyclic) bond motifs is 1. The van der Waals surface area contributed by atoms with Gasteiger partial charge in [-0.15, -0.1) is 11.3 Å². The number of amides is 1. The zero-order valence-corrected chi connectivity index (χ0v) is 17.5. The number of benzene rings is 1. The maximum Gasteiger partial charge on any atom is 0.259 e. The van der Waals surface area contributed by atoms with E-state index in [0.717, 1.165) is 42.9 Å². The Kier molecular flexibility index (Phi) is 5.37. The molecule has 1 atom stereocenters. The molecule has 156 valence electrons. The lowest BCUT2D eigenvalue weighted by Crippen LogP contribution is -2.51. The summed E-state index contributed by atoms with van der Waals surface area (Å²) >= 11 is 1.48. The van der Waals surface area contributed by atoms with Crippen LogP contribution in [-0.2, 0) is 16.1 Å². The van der Waals surface area contributed by atoms with Gasteiger partial charge in [-0.3, -0.25) is 18.9 Å². The number of hydrogen-bond acceptors (Lipinski definition) is 6. The number of ether oxygens (including phenoxy) is 1. The smallest absolute Gasteiger partial charge is 0.259 e. The number of hydrogen-bond donors (Lipinski definition) is 0. The van der Waals surface area contributed by atoms with Crippen molar-refractivity contribution in [3.8, 4) is 11.3 Å². The van der Waals surface area contributed by atoms with Crippen molar-refractivity contribution in [3.05, 3.63) is 57.8 Å². The second-order valence-electron chi connectivity index (χ2n) is 7.79. The van der Waals surface area contributed by atoms with Crippen LogP contribution in [0.25, 0.3) is 16.2 Å². The van der Waals surface area contributed by atoms with E-state index < -0.39 is 0 Å². The molecule has 7 nitrogen and oxygen atoms in total. The summed E-state index contributed by atoms with van der Waals surface area (Å²) in [5.74, 6) is 0.122. The van der Waals surface area contributed by atoms with Crippen molar-refractivity contribution < 1.29 is 9.53 Å². The molecule has 2 saturated heterocycles. The topological polar surface area (TPSA) is 67.2 Å². The summed E-state index contributed by atoms with van der Waals surface area (Å²) in [5, 5.41) is 1.98. The molecule has 0 radical (unpaired) electrons. The van der Waals surface area contributed by atoms with Crippen LogP contribution in [0.15, 0.2) is 46.6 Å². The van der Waals surface area contributed by atoms with Gasteiger partial charge in [-0.05, 0) is 18.4 Å². The Hall–Kier alpha value is -2.55. The molecule has 0 N–H and O–H groups in total. The first-order chi connectivity index (χ1) is 14.7. The Balaban J connectivity index is 1.27. The highest BCUT2D eigenvalue weighted by Crippen LogP contribution is 2.24. The number of nitrogens with zero attached hydrogens (tertiary/aromatic N) is 4. The highest BCUT2D eigenvalue weighted by molar-refractivity contribution is 7.15. The summed E-state index contributed by atoms with van der Waals surface area (Å²) in [4.78, 5) is 34.9. The highest BCUT2D eigenvalue weighted by Gasteiger charge is 2.30. The van der Waals surface area contributed by atoms with Crippen LogP contribution >= 0.6 is 11.3 Å². The molecule has 8 heteroatoms. The molecule has 0 spiro atoms. The second kappa shape index (κ2) is 8.29. The van der Waals surface area contributed by atoms with E-state index in [1.807, 2.05) is 40.6 Å². The highest BCUT2D eigenvalue weighted by atomic mass is 32.1. The standard InChI is InChI=1S/C22H24N4O3S/c27-20-13-17(23-22-26(20)18(15-30-22)16-5-2-1-3-6-16)14-24-8-10-25(11-9-24)21(28)19-7-4-12-29-19/h1-3,5-6,13,15,19H,4,7-12,14H2/t19-/m0/s1. The lowest BCUT2D eigenvalue weighted by atomic mass is 10.2. The average molecular weight is 425 g/mol. The summed E-state index contributed by atoms with van der Waals surface area (Å²) in [7, 11) is 0. The number of aromatic nitrogens is 2. The molecular weight excluding hydrogens is 400 g/mol. The lowest BCUT2D eigenvalue weighted by molar-refractivity contribution is -0.142. The number of thiazole rings is 1. The van der Waals surface area contributed by atoms with Gasteiger partial charge >= 0.3 is 0 Å². The van der Waals surface area contributed by atoms with E-state index in [4.69, 9.17) is 9.72 Å². The van der Waals surface area contributed by atoms with Crippen molar-refractivity contribution >= 4 is 22.2 Å². The van der Waals surface area contributed by atoms with Crippen LogP contribution in [0.3, 0.4) is 0 Å². The fourth-order valence-electron chi connectivity index (χ4n) is 4.19. The van der Waals surface area contributed by atoms with E-state index in [-0.39, 0.29) is 17.6 Å². The zero-order chi connectivity index (χ0) is 20.5. The molecule has 4 heterocycles. The molecule has 2 aliphatic rings. The second-order valence-corrected chi connectivity index (χ2v) is 8.63. The molecular formula is C22H24N4O3S. The summed E-state index contributed by atoms with van der Waals surface area (Å²) in [5.41, 5.74) is 2.61. The fraction of sp³-hybridized carbons (Fsp3) is 0.409. The van der Waals surface area contributed by atoms with Crippen LogP contribution < -0.4 is 5.56 Å². The van der Waals surface area contributed by atoms with Crippen molar-refractivity contribution in [1.82, 2.24) is 19.2 Å². The normalized spacial score (nSPS) is 20.1. The Morgan fingerprint density at radius 1 is 1.17 bits per heavy atom. The summed E-state index contributed by atoms with van der Waals surface area (Å²) in [6.45, 7) is 4.24. The minimum atomic E-state index is -0.252. The Bertz CT molecular complexity index is 1100. The maximum atomic E-state index is 12.8. The molecule has 5 rings (SSSR count). The van der Waals surface area contributed by atoms with Crippen LogP contribution in [0.1, 0.15) is 18.5 Å². The van der Waals surface area contributed by atoms with Gasteiger partial charge in [0.25, 0.3) is 11.5 Å². The van der Waals surface area contributed by atoms with Gasteiger partial charge in [0.05, 0.1) is 11.4 Å². The monoisotopic (exact) mass is 424 g/mol. The van der Waals surface area contributed by atoms with Crippen molar-refractivity contribution in [2.45, 2.75) is 25.5 Å². The van der Waals surface area contributed by atoms with Crippen molar-refractivity contribution in [1.29, 1.82) is 0 Å². The van der Waals surface area contributed by atoms with E-state index in [2.05, 4.69) is 4.90 Å². The van der Waals surface area contributed by atoms with Crippen molar-refractivity contribution in [3.63, 3.8) is 0 Å². The van der Waals surface area contributed by atoms with Gasteiger partial charge in [0.15, 0.2) is 4.96 Å². The van der Waals surface area contributed by atoms with Crippen LogP contribution in [0.4, 0.5) is 0 Å². The van der Waals surface area contributed by atoms with Gasteiger partial charge in [0.1, 0.15) is 6.10 Å². The third kappa shape index (κ3) is 3.78. The van der Waals surface area contributed by atoms with Gasteiger partial charge in [0, 0.05) is 50.8 Å². The molecule has 0 saturated carbocycles. The predicted molar refractivity (Wildman–Crippen MR) is 116 cm³/mol. The van der Waals surface area contributed by atoms with E-state index in [1.165, 1.54) is 11.3 Å². The van der Waals surface area contributed by atoms with Crippen molar-refractivity contribution in [2.24, 2.45) is 0 Å². The van der Waals surface area contributed by atoms with Crippen LogP contribution in [-0.4, -0.2) is 64.0 Å². The first-order valence-corrected chi connectivity index (χ1v) is 11.3. The largest absolute Gasteiger partial charge is 0.368 e. The first-order valence-electron chi connectivity index (χ1n) is 10.4. The van der Waals surface area contributed by atoms with E-state index in [1.54, 1.807) is 10.5 Å². The first kappa shape index (κ1) is 19.4. The van der Waals surface area contributed by atoms with Gasteiger partial charge in [-0.25, -0.2) is 4.98 Å². The molecule has 2 aliphatic heterocycles. The molecule has 3 aromatic rings.